The van der Waals surface area contributed by atoms with Crippen molar-refractivity contribution in [1.82, 2.24) is 15.2 Å². The van der Waals surface area contributed by atoms with Crippen LogP contribution in [0.3, 0.4) is 0 Å². The van der Waals surface area contributed by atoms with Crippen LogP contribution in [-0.2, 0) is 11.2 Å². The minimum Gasteiger partial charge on any atom is -0.508 e. The fourth-order valence-electron chi connectivity index (χ4n) is 2.76. The summed E-state index contributed by atoms with van der Waals surface area (Å²) in [5, 5.41) is 22.4. The van der Waals surface area contributed by atoms with E-state index in [1.54, 1.807) is 41.1 Å². The van der Waals surface area contributed by atoms with Crippen LogP contribution >= 0.6 is 11.8 Å². The highest BCUT2D eigenvalue weighted by atomic mass is 32.2. The Kier molecular flexibility index (Phi) is 4.84. The Bertz CT molecular complexity index is 755. The van der Waals surface area contributed by atoms with E-state index in [2.05, 4.69) is 10.3 Å². The number of aromatic hydroxyl groups is 1. The molecule has 1 aliphatic heterocycles. The predicted octanol–water partition coefficient (Wildman–Crippen LogP) is 1.63. The number of urea groups is 1. The van der Waals surface area contributed by atoms with Crippen molar-refractivity contribution in [3.63, 3.8) is 0 Å². The van der Waals surface area contributed by atoms with Gasteiger partial charge in [0.2, 0.25) is 0 Å². The molecule has 0 unspecified atom stereocenters. The van der Waals surface area contributed by atoms with E-state index >= 15 is 0 Å². The van der Waals surface area contributed by atoms with E-state index in [0.29, 0.717) is 13.1 Å². The molecule has 0 bridgehead atoms. The average molecular weight is 349 g/mol. The summed E-state index contributed by atoms with van der Waals surface area (Å²) in [7, 11) is 0. The number of carboxylic acid groups (broad SMARTS) is 1. The largest absolute Gasteiger partial charge is 0.508 e. The number of hydrogen-bond acceptors (Lipinski definition) is 4. The Labute approximate surface area is 143 Å². The number of rotatable bonds is 4. The van der Waals surface area contributed by atoms with Crippen LogP contribution in [0, 0.1) is 0 Å². The van der Waals surface area contributed by atoms with Crippen LogP contribution in [0.25, 0.3) is 10.9 Å². The number of phenolic OH excluding ortho intramolecular Hbond substituents is 1. The molecule has 0 saturated carbocycles. The number of aromatic amines is 1. The van der Waals surface area contributed by atoms with E-state index in [-0.39, 0.29) is 18.2 Å². The standard InChI is InChI=1S/C16H19N3O4S/c20-11-1-2-13-12(8-11)10(9-17-13)7-14(15(21)22)18-16(23)19-3-5-24-6-4-19/h1-2,8-9,14,17,20H,3-7H2,(H,18,23)(H,21,22)/t14-/m0/s1. The highest BCUT2D eigenvalue weighted by Gasteiger charge is 2.25. The van der Waals surface area contributed by atoms with Gasteiger partial charge in [0.15, 0.2) is 0 Å². The van der Waals surface area contributed by atoms with Gasteiger partial charge in [-0.2, -0.15) is 11.8 Å². The van der Waals surface area contributed by atoms with E-state index in [1.807, 2.05) is 0 Å². The number of H-pyrrole nitrogens is 1. The molecule has 2 amide bonds. The van der Waals surface area contributed by atoms with Gasteiger partial charge in [-0.1, -0.05) is 0 Å². The third-order valence-electron chi connectivity index (χ3n) is 4.07. The monoisotopic (exact) mass is 349 g/mol. The number of carboxylic acids is 1. The predicted molar refractivity (Wildman–Crippen MR) is 92.5 cm³/mol. The van der Waals surface area contributed by atoms with Crippen LogP contribution in [0.2, 0.25) is 0 Å². The normalized spacial score (nSPS) is 16.1. The fraction of sp³-hybridized carbons (Fsp3) is 0.375. The molecular weight excluding hydrogens is 330 g/mol. The molecule has 0 spiro atoms. The molecule has 24 heavy (non-hydrogen) atoms. The summed E-state index contributed by atoms with van der Waals surface area (Å²) >= 11 is 1.78. The lowest BCUT2D eigenvalue weighted by Crippen LogP contribution is -2.51. The number of carbonyl (C=O) groups excluding carboxylic acids is 1. The van der Waals surface area contributed by atoms with Crippen molar-refractivity contribution in [2.45, 2.75) is 12.5 Å². The van der Waals surface area contributed by atoms with Gasteiger partial charge in [0.1, 0.15) is 11.8 Å². The number of amides is 2. The second kappa shape index (κ2) is 7.04. The summed E-state index contributed by atoms with van der Waals surface area (Å²) in [5.41, 5.74) is 1.55. The van der Waals surface area contributed by atoms with Gasteiger partial charge in [0, 0.05) is 48.1 Å². The van der Waals surface area contributed by atoms with E-state index in [9.17, 15) is 19.8 Å². The first-order valence-corrected chi connectivity index (χ1v) is 8.85. The molecule has 1 aromatic heterocycles. The zero-order valence-corrected chi connectivity index (χ0v) is 13.8. The number of hydrogen-bond donors (Lipinski definition) is 4. The van der Waals surface area contributed by atoms with Crippen LogP contribution < -0.4 is 5.32 Å². The maximum atomic E-state index is 12.3. The molecule has 3 rings (SSSR count). The lowest BCUT2D eigenvalue weighted by atomic mass is 10.0. The SMILES string of the molecule is O=C(O)[C@H](Cc1c[nH]c2ccc(O)cc12)NC(=O)N1CCSCC1. The van der Waals surface area contributed by atoms with Crippen LogP contribution in [-0.4, -0.2) is 62.7 Å². The van der Waals surface area contributed by atoms with Crippen molar-refractivity contribution in [3.05, 3.63) is 30.0 Å². The summed E-state index contributed by atoms with van der Waals surface area (Å²) in [6.45, 7) is 1.26. The molecule has 128 valence electrons. The smallest absolute Gasteiger partial charge is 0.326 e. The third kappa shape index (κ3) is 3.59. The summed E-state index contributed by atoms with van der Waals surface area (Å²) < 4.78 is 0. The molecular formula is C16H19N3O4S. The number of aliphatic carboxylic acids is 1. The second-order valence-electron chi connectivity index (χ2n) is 5.69. The van der Waals surface area contributed by atoms with Crippen molar-refractivity contribution in [1.29, 1.82) is 0 Å². The number of thioether (sulfide) groups is 1. The fourth-order valence-corrected chi connectivity index (χ4v) is 3.67. The molecule has 7 nitrogen and oxygen atoms in total. The van der Waals surface area contributed by atoms with E-state index in [1.165, 1.54) is 0 Å². The van der Waals surface area contributed by atoms with E-state index in [4.69, 9.17) is 0 Å². The first kappa shape index (κ1) is 16.5. The van der Waals surface area contributed by atoms with Crippen LogP contribution in [0.4, 0.5) is 4.79 Å². The molecule has 1 aliphatic rings. The highest BCUT2D eigenvalue weighted by Crippen LogP contribution is 2.24. The molecule has 1 fully saturated rings. The average Bonchev–Trinajstić information content (AvgIpc) is 2.97. The number of phenols is 1. The number of aromatic nitrogens is 1. The molecule has 0 radical (unpaired) electrons. The van der Waals surface area contributed by atoms with Gasteiger partial charge >= 0.3 is 12.0 Å². The first-order chi connectivity index (χ1) is 11.5. The summed E-state index contributed by atoms with van der Waals surface area (Å²) in [6.07, 6.45) is 1.86. The van der Waals surface area contributed by atoms with E-state index in [0.717, 1.165) is 28.0 Å². The number of fused-ring (bicyclic) bond motifs is 1. The Hall–Kier alpha value is -2.35. The third-order valence-corrected chi connectivity index (χ3v) is 5.01. The van der Waals surface area contributed by atoms with Crippen molar-refractivity contribution in [2.24, 2.45) is 0 Å². The molecule has 2 aromatic rings. The number of carbonyl (C=O) groups is 2. The molecule has 1 atom stereocenters. The Morgan fingerprint density at radius 3 is 2.79 bits per heavy atom. The van der Waals surface area contributed by atoms with Crippen LogP contribution in [0.15, 0.2) is 24.4 Å². The molecule has 4 N–H and O–H groups in total. The molecule has 0 aliphatic carbocycles. The summed E-state index contributed by atoms with van der Waals surface area (Å²) in [5.74, 6) is 0.772. The maximum absolute atomic E-state index is 12.3. The zero-order chi connectivity index (χ0) is 17.1. The van der Waals surface area contributed by atoms with Gasteiger partial charge in [-0.25, -0.2) is 9.59 Å². The highest BCUT2D eigenvalue weighted by molar-refractivity contribution is 7.99. The van der Waals surface area contributed by atoms with E-state index < -0.39 is 12.0 Å². The van der Waals surface area contributed by atoms with Gasteiger partial charge in [-0.3, -0.25) is 0 Å². The minimum atomic E-state index is -1.08. The van der Waals surface area contributed by atoms with Gasteiger partial charge in [0.05, 0.1) is 0 Å². The number of benzene rings is 1. The Morgan fingerprint density at radius 2 is 2.08 bits per heavy atom. The van der Waals surface area contributed by atoms with Gasteiger partial charge in [0.25, 0.3) is 0 Å². The molecule has 1 saturated heterocycles. The van der Waals surface area contributed by atoms with Gasteiger partial charge in [-0.15, -0.1) is 0 Å². The van der Waals surface area contributed by atoms with Gasteiger partial charge < -0.3 is 25.4 Å². The Morgan fingerprint density at radius 1 is 1.33 bits per heavy atom. The molecule has 1 aromatic carbocycles. The minimum absolute atomic E-state index is 0.116. The Balaban J connectivity index is 1.74. The quantitative estimate of drug-likeness (QED) is 0.671. The molecule has 2 heterocycles. The van der Waals surface area contributed by atoms with Crippen molar-refractivity contribution in [2.75, 3.05) is 24.6 Å². The zero-order valence-electron chi connectivity index (χ0n) is 13.0. The topological polar surface area (TPSA) is 106 Å². The van der Waals surface area contributed by atoms with Gasteiger partial charge in [-0.05, 0) is 23.8 Å². The summed E-state index contributed by atoms with van der Waals surface area (Å²) in [6, 6.07) is 3.52. The van der Waals surface area contributed by atoms with Crippen molar-refractivity contribution in [3.8, 4) is 5.75 Å². The number of nitrogens with zero attached hydrogens (tertiary/aromatic N) is 1. The van der Waals surface area contributed by atoms with Crippen LogP contribution in [0.5, 0.6) is 5.75 Å². The lowest BCUT2D eigenvalue weighted by molar-refractivity contribution is -0.139. The summed E-state index contributed by atoms with van der Waals surface area (Å²) in [4.78, 5) is 28.5. The number of nitrogens with one attached hydrogen (secondary N) is 2. The molecule has 8 heteroatoms. The first-order valence-electron chi connectivity index (χ1n) is 7.69. The second-order valence-corrected chi connectivity index (χ2v) is 6.91. The lowest BCUT2D eigenvalue weighted by Gasteiger charge is -2.28. The van der Waals surface area contributed by atoms with Crippen LogP contribution in [0.1, 0.15) is 5.56 Å². The van der Waals surface area contributed by atoms with Crippen molar-refractivity contribution < 1.29 is 19.8 Å². The maximum Gasteiger partial charge on any atom is 0.326 e. The van der Waals surface area contributed by atoms with Crippen molar-refractivity contribution >= 4 is 34.7 Å².